The molecule has 106 valence electrons. The molecule has 1 aliphatic rings. The number of carbonyl (C=O) groups is 1. The normalized spacial score (nSPS) is 24.1. The van der Waals surface area contributed by atoms with Crippen molar-refractivity contribution in [2.75, 3.05) is 19.6 Å². The Kier molecular flexibility index (Phi) is 3.36. The van der Waals surface area contributed by atoms with Gasteiger partial charge in [0.1, 0.15) is 5.58 Å². The fourth-order valence-corrected chi connectivity index (χ4v) is 2.86. The summed E-state index contributed by atoms with van der Waals surface area (Å²) in [5.41, 5.74) is 0.0494. The summed E-state index contributed by atoms with van der Waals surface area (Å²) in [7, 11) is 0. The number of Topliss-reactive ketones (excluding diaryl/α,β-unsaturated/α-hetero) is 1. The van der Waals surface area contributed by atoms with Crippen molar-refractivity contribution >= 4 is 16.8 Å². The van der Waals surface area contributed by atoms with Gasteiger partial charge in [0.25, 0.3) is 0 Å². The molecule has 0 radical (unpaired) electrons. The van der Waals surface area contributed by atoms with Crippen LogP contribution in [0.3, 0.4) is 0 Å². The van der Waals surface area contributed by atoms with Crippen LogP contribution < -0.4 is 0 Å². The first-order valence-corrected chi connectivity index (χ1v) is 7.00. The molecule has 1 aliphatic heterocycles. The van der Waals surface area contributed by atoms with Gasteiger partial charge in [0.15, 0.2) is 5.76 Å². The Morgan fingerprint density at radius 2 is 2.25 bits per heavy atom. The lowest BCUT2D eigenvalue weighted by atomic mass is 9.95. The maximum Gasteiger partial charge on any atom is 0.211 e. The Labute approximate surface area is 118 Å². The second kappa shape index (κ2) is 5.04. The Hall–Kier alpha value is -1.65. The molecular weight excluding hydrogens is 254 g/mol. The molecule has 2 aromatic rings. The summed E-state index contributed by atoms with van der Waals surface area (Å²) >= 11 is 0. The Bertz CT molecular complexity index is 596. The largest absolute Gasteiger partial charge is 0.453 e. The van der Waals surface area contributed by atoms with Gasteiger partial charge in [-0.25, -0.2) is 0 Å². The molecule has 1 aromatic heterocycles. The molecule has 4 heteroatoms. The lowest BCUT2D eigenvalue weighted by Gasteiger charge is -2.36. The van der Waals surface area contributed by atoms with Crippen LogP contribution in [-0.2, 0) is 0 Å². The van der Waals surface area contributed by atoms with E-state index in [1.54, 1.807) is 6.07 Å². The highest BCUT2D eigenvalue weighted by atomic mass is 16.3. The lowest BCUT2D eigenvalue weighted by molar-refractivity contribution is -0.0134. The highest BCUT2D eigenvalue weighted by Gasteiger charge is 2.29. The summed E-state index contributed by atoms with van der Waals surface area (Å²) in [6, 6.07) is 9.40. The summed E-state index contributed by atoms with van der Waals surface area (Å²) < 4.78 is 5.58. The van der Waals surface area contributed by atoms with Crippen LogP contribution in [0.15, 0.2) is 34.7 Å². The minimum absolute atomic E-state index is 0.0288. The molecule has 0 spiro atoms. The van der Waals surface area contributed by atoms with Crippen molar-refractivity contribution < 1.29 is 14.3 Å². The SMILES string of the molecule is CC1(O)CCCN(CC(=O)c2cc3ccccc3o2)C1. The standard InChI is InChI=1S/C16H19NO3/c1-16(19)7-4-8-17(11-16)10-13(18)15-9-12-5-2-3-6-14(12)20-15/h2-3,5-6,9,19H,4,7-8,10-11H2,1H3. The number of likely N-dealkylation sites (tertiary alicyclic amines) is 1. The summed E-state index contributed by atoms with van der Waals surface area (Å²) in [6.07, 6.45) is 1.71. The quantitative estimate of drug-likeness (QED) is 0.873. The number of carbonyl (C=O) groups excluding carboxylic acids is 1. The third kappa shape index (κ3) is 2.76. The molecule has 0 saturated carbocycles. The molecule has 20 heavy (non-hydrogen) atoms. The first-order valence-electron chi connectivity index (χ1n) is 7.00. The second-order valence-corrected chi connectivity index (χ2v) is 5.88. The summed E-state index contributed by atoms with van der Waals surface area (Å²) in [5, 5.41) is 11.0. The van der Waals surface area contributed by atoms with E-state index in [9.17, 15) is 9.90 Å². The number of nitrogens with zero attached hydrogens (tertiary/aromatic N) is 1. The van der Waals surface area contributed by atoms with Crippen LogP contribution in [-0.4, -0.2) is 41.0 Å². The minimum atomic E-state index is -0.688. The molecular formula is C16H19NO3. The first kappa shape index (κ1) is 13.3. The van der Waals surface area contributed by atoms with Crippen LogP contribution in [0, 0.1) is 0 Å². The Morgan fingerprint density at radius 1 is 1.45 bits per heavy atom. The maximum atomic E-state index is 12.3. The van der Waals surface area contributed by atoms with Crippen LogP contribution in [0.5, 0.6) is 0 Å². The van der Waals surface area contributed by atoms with Crippen molar-refractivity contribution in [3.05, 3.63) is 36.1 Å². The predicted octanol–water partition coefficient (Wildman–Crippen LogP) is 2.46. The highest BCUT2D eigenvalue weighted by molar-refractivity contribution is 5.98. The summed E-state index contributed by atoms with van der Waals surface area (Å²) in [4.78, 5) is 14.3. The zero-order chi connectivity index (χ0) is 14.2. The highest BCUT2D eigenvalue weighted by Crippen LogP contribution is 2.22. The molecule has 0 bridgehead atoms. The van der Waals surface area contributed by atoms with E-state index in [4.69, 9.17) is 4.42 Å². The Balaban J connectivity index is 1.72. The second-order valence-electron chi connectivity index (χ2n) is 5.88. The van der Waals surface area contributed by atoms with Gasteiger partial charge in [0.2, 0.25) is 5.78 Å². The monoisotopic (exact) mass is 273 g/mol. The van der Waals surface area contributed by atoms with Crippen molar-refractivity contribution in [1.29, 1.82) is 0 Å². The first-order chi connectivity index (χ1) is 9.53. The van der Waals surface area contributed by atoms with E-state index in [1.165, 1.54) is 0 Å². The summed E-state index contributed by atoms with van der Waals surface area (Å²) in [5.74, 6) is 0.371. The van der Waals surface area contributed by atoms with Gasteiger partial charge in [-0.15, -0.1) is 0 Å². The third-order valence-corrected chi connectivity index (χ3v) is 3.82. The van der Waals surface area contributed by atoms with E-state index in [1.807, 2.05) is 36.1 Å². The zero-order valence-corrected chi connectivity index (χ0v) is 11.6. The number of para-hydroxylation sites is 1. The fourth-order valence-electron chi connectivity index (χ4n) is 2.86. The number of fused-ring (bicyclic) bond motifs is 1. The topological polar surface area (TPSA) is 53.7 Å². The number of furan rings is 1. The number of rotatable bonds is 3. The lowest BCUT2D eigenvalue weighted by Crippen LogP contribution is -2.47. The van der Waals surface area contributed by atoms with E-state index in [-0.39, 0.29) is 5.78 Å². The molecule has 1 aromatic carbocycles. The maximum absolute atomic E-state index is 12.3. The van der Waals surface area contributed by atoms with Gasteiger partial charge in [-0.1, -0.05) is 18.2 Å². The number of ketones is 1. The smallest absolute Gasteiger partial charge is 0.211 e. The van der Waals surface area contributed by atoms with Crippen molar-refractivity contribution in [1.82, 2.24) is 4.90 Å². The number of β-amino-alcohol motifs (C(OH)–C–C–N with tert-alkyl or cyclic N) is 1. The number of piperidine rings is 1. The molecule has 0 aliphatic carbocycles. The van der Waals surface area contributed by atoms with Crippen LogP contribution in [0.4, 0.5) is 0 Å². The molecule has 0 amide bonds. The van der Waals surface area contributed by atoms with E-state index in [0.717, 1.165) is 30.4 Å². The van der Waals surface area contributed by atoms with Crippen molar-refractivity contribution in [2.24, 2.45) is 0 Å². The van der Waals surface area contributed by atoms with E-state index in [0.29, 0.717) is 18.8 Å². The number of aliphatic hydroxyl groups is 1. The van der Waals surface area contributed by atoms with E-state index in [2.05, 4.69) is 0 Å². The van der Waals surface area contributed by atoms with E-state index >= 15 is 0 Å². The van der Waals surface area contributed by atoms with Gasteiger partial charge in [0, 0.05) is 11.9 Å². The van der Waals surface area contributed by atoms with Gasteiger partial charge in [-0.05, 0) is 38.4 Å². The molecule has 1 N–H and O–H groups in total. The van der Waals surface area contributed by atoms with Gasteiger partial charge in [0.05, 0.1) is 12.1 Å². The molecule has 1 saturated heterocycles. The average Bonchev–Trinajstić information content (AvgIpc) is 2.81. The van der Waals surface area contributed by atoms with Gasteiger partial charge >= 0.3 is 0 Å². The van der Waals surface area contributed by atoms with Gasteiger partial charge < -0.3 is 9.52 Å². The molecule has 3 rings (SSSR count). The summed E-state index contributed by atoms with van der Waals surface area (Å²) in [6.45, 7) is 3.52. The number of benzene rings is 1. The van der Waals surface area contributed by atoms with Crippen LogP contribution >= 0.6 is 0 Å². The fraction of sp³-hybridized carbons (Fsp3) is 0.438. The predicted molar refractivity (Wildman–Crippen MR) is 76.8 cm³/mol. The minimum Gasteiger partial charge on any atom is -0.453 e. The van der Waals surface area contributed by atoms with Gasteiger partial charge in [-0.2, -0.15) is 0 Å². The average molecular weight is 273 g/mol. The number of hydrogen-bond acceptors (Lipinski definition) is 4. The third-order valence-electron chi connectivity index (χ3n) is 3.82. The Morgan fingerprint density at radius 3 is 3.00 bits per heavy atom. The zero-order valence-electron chi connectivity index (χ0n) is 11.6. The van der Waals surface area contributed by atoms with Crippen LogP contribution in [0.1, 0.15) is 30.3 Å². The van der Waals surface area contributed by atoms with Crippen LogP contribution in [0.25, 0.3) is 11.0 Å². The van der Waals surface area contributed by atoms with Crippen LogP contribution in [0.2, 0.25) is 0 Å². The molecule has 1 unspecified atom stereocenters. The molecule has 1 atom stereocenters. The van der Waals surface area contributed by atoms with Crippen molar-refractivity contribution in [3.63, 3.8) is 0 Å². The molecule has 2 heterocycles. The van der Waals surface area contributed by atoms with Crippen molar-refractivity contribution in [3.8, 4) is 0 Å². The van der Waals surface area contributed by atoms with E-state index < -0.39 is 5.60 Å². The van der Waals surface area contributed by atoms with Crippen molar-refractivity contribution in [2.45, 2.75) is 25.4 Å². The number of hydrogen-bond donors (Lipinski definition) is 1. The molecule has 4 nitrogen and oxygen atoms in total. The van der Waals surface area contributed by atoms with Gasteiger partial charge in [-0.3, -0.25) is 9.69 Å². The molecule has 1 fully saturated rings.